The van der Waals surface area contributed by atoms with Crippen molar-refractivity contribution in [1.29, 1.82) is 0 Å². The van der Waals surface area contributed by atoms with Gasteiger partial charge in [0, 0.05) is 42.9 Å². The molecular weight excluding hydrogens is 332 g/mol. The summed E-state index contributed by atoms with van der Waals surface area (Å²) in [5, 5.41) is 7.25. The molecule has 4 rings (SSSR count). The van der Waals surface area contributed by atoms with Gasteiger partial charge in [-0.2, -0.15) is 5.10 Å². The fourth-order valence-corrected chi connectivity index (χ4v) is 3.52. The zero-order valence-electron chi connectivity index (χ0n) is 14.8. The molecule has 136 valence electrons. The molecule has 7 heteroatoms. The smallest absolute Gasteiger partial charge is 0.274 e. The minimum atomic E-state index is -0.0874. The highest BCUT2D eigenvalue weighted by molar-refractivity contribution is 5.96. The van der Waals surface area contributed by atoms with E-state index in [1.165, 1.54) is 0 Å². The Balaban J connectivity index is 1.55. The van der Waals surface area contributed by atoms with Gasteiger partial charge in [0.05, 0.1) is 19.8 Å². The molecule has 2 amide bonds. The SMILES string of the molecule is Cc1cccc(C(=O)N2CCc3[nH]nc(C(=O)N4CCOCC4)c3C2)c1. The van der Waals surface area contributed by atoms with E-state index in [1.54, 1.807) is 9.80 Å². The number of aryl methyl sites for hydroxylation is 1. The van der Waals surface area contributed by atoms with Crippen LogP contribution in [0.15, 0.2) is 24.3 Å². The molecule has 2 aromatic rings. The third kappa shape index (κ3) is 3.10. The zero-order chi connectivity index (χ0) is 18.1. The standard InChI is InChI=1S/C19H22N4O3/c1-13-3-2-4-14(11-13)18(24)23-6-5-16-15(12-23)17(21-20-16)19(25)22-7-9-26-10-8-22/h2-4,11H,5-10,12H2,1H3,(H,20,21). The molecule has 0 spiro atoms. The van der Waals surface area contributed by atoms with Gasteiger partial charge in [0.1, 0.15) is 0 Å². The number of carbonyl (C=O) groups is 2. The number of H-pyrrole nitrogens is 1. The van der Waals surface area contributed by atoms with Crippen LogP contribution in [0, 0.1) is 6.92 Å². The average molecular weight is 354 g/mol. The summed E-state index contributed by atoms with van der Waals surface area (Å²) in [6.07, 6.45) is 0.677. The van der Waals surface area contributed by atoms with Gasteiger partial charge in [-0.3, -0.25) is 14.7 Å². The zero-order valence-corrected chi connectivity index (χ0v) is 14.8. The highest BCUT2D eigenvalue weighted by Gasteiger charge is 2.30. The van der Waals surface area contributed by atoms with Crippen molar-refractivity contribution in [2.75, 3.05) is 32.8 Å². The molecule has 3 heterocycles. The summed E-state index contributed by atoms with van der Waals surface area (Å²) in [5.74, 6) is -0.0963. The summed E-state index contributed by atoms with van der Waals surface area (Å²) >= 11 is 0. The van der Waals surface area contributed by atoms with E-state index in [4.69, 9.17) is 4.74 Å². The molecule has 1 N–H and O–H groups in total. The molecule has 2 aliphatic heterocycles. The lowest BCUT2D eigenvalue weighted by molar-refractivity contribution is 0.0297. The molecular formula is C19H22N4O3. The number of fused-ring (bicyclic) bond motifs is 1. The van der Waals surface area contributed by atoms with E-state index in [-0.39, 0.29) is 11.8 Å². The second-order valence-corrected chi connectivity index (χ2v) is 6.78. The van der Waals surface area contributed by atoms with Gasteiger partial charge in [0.25, 0.3) is 11.8 Å². The highest BCUT2D eigenvalue weighted by atomic mass is 16.5. The van der Waals surface area contributed by atoms with Crippen LogP contribution >= 0.6 is 0 Å². The maximum Gasteiger partial charge on any atom is 0.274 e. The van der Waals surface area contributed by atoms with Crippen LogP contribution in [-0.4, -0.2) is 64.7 Å². The summed E-state index contributed by atoms with van der Waals surface area (Å²) in [4.78, 5) is 29.2. The molecule has 26 heavy (non-hydrogen) atoms. The van der Waals surface area contributed by atoms with Crippen LogP contribution < -0.4 is 0 Å². The number of rotatable bonds is 2. The van der Waals surface area contributed by atoms with Crippen molar-refractivity contribution in [3.63, 3.8) is 0 Å². The lowest BCUT2D eigenvalue weighted by Gasteiger charge is -2.29. The Morgan fingerprint density at radius 1 is 1.12 bits per heavy atom. The third-order valence-electron chi connectivity index (χ3n) is 4.99. The Morgan fingerprint density at radius 3 is 2.69 bits per heavy atom. The molecule has 0 radical (unpaired) electrons. The second-order valence-electron chi connectivity index (χ2n) is 6.78. The number of aromatic nitrogens is 2. The Bertz CT molecular complexity index is 839. The number of morpholine rings is 1. The van der Waals surface area contributed by atoms with Crippen molar-refractivity contribution in [1.82, 2.24) is 20.0 Å². The van der Waals surface area contributed by atoms with Crippen LogP contribution in [0.2, 0.25) is 0 Å². The number of nitrogens with zero attached hydrogens (tertiary/aromatic N) is 3. The number of aromatic amines is 1. The van der Waals surface area contributed by atoms with Gasteiger partial charge in [-0.1, -0.05) is 17.7 Å². The van der Waals surface area contributed by atoms with Crippen LogP contribution in [0.1, 0.15) is 37.7 Å². The second kappa shape index (κ2) is 6.92. The molecule has 0 saturated carbocycles. The van der Waals surface area contributed by atoms with E-state index in [0.717, 1.165) is 16.8 Å². The van der Waals surface area contributed by atoms with E-state index in [2.05, 4.69) is 10.2 Å². The number of benzene rings is 1. The summed E-state index contributed by atoms with van der Waals surface area (Å²) < 4.78 is 5.31. The van der Waals surface area contributed by atoms with Crippen LogP contribution in [0.4, 0.5) is 0 Å². The van der Waals surface area contributed by atoms with E-state index in [9.17, 15) is 9.59 Å². The fraction of sp³-hybridized carbons (Fsp3) is 0.421. The lowest BCUT2D eigenvalue weighted by atomic mass is 10.0. The number of carbonyl (C=O) groups excluding carboxylic acids is 2. The van der Waals surface area contributed by atoms with Crippen LogP contribution in [0.3, 0.4) is 0 Å². The first-order chi connectivity index (χ1) is 12.6. The van der Waals surface area contributed by atoms with E-state index in [0.29, 0.717) is 57.1 Å². The lowest BCUT2D eigenvalue weighted by Crippen LogP contribution is -2.42. The number of amides is 2. The molecule has 0 unspecified atom stereocenters. The van der Waals surface area contributed by atoms with Gasteiger partial charge >= 0.3 is 0 Å². The quantitative estimate of drug-likeness (QED) is 0.884. The molecule has 0 atom stereocenters. The van der Waals surface area contributed by atoms with E-state index >= 15 is 0 Å². The van der Waals surface area contributed by atoms with E-state index in [1.807, 2.05) is 31.2 Å². The summed E-state index contributed by atoms with van der Waals surface area (Å²) in [6.45, 7) is 5.25. The Labute approximate surface area is 151 Å². The number of ether oxygens (including phenoxy) is 1. The molecule has 0 bridgehead atoms. The number of hydrogen-bond donors (Lipinski definition) is 1. The molecule has 2 aliphatic rings. The molecule has 1 aromatic carbocycles. The molecule has 7 nitrogen and oxygen atoms in total. The van der Waals surface area contributed by atoms with Crippen LogP contribution in [0.5, 0.6) is 0 Å². The molecule has 1 saturated heterocycles. The van der Waals surface area contributed by atoms with Crippen molar-refractivity contribution in [2.45, 2.75) is 19.9 Å². The Morgan fingerprint density at radius 2 is 1.92 bits per heavy atom. The minimum absolute atomic E-state index is 0.00896. The maximum atomic E-state index is 12.8. The van der Waals surface area contributed by atoms with Gasteiger partial charge in [-0.15, -0.1) is 0 Å². The number of nitrogens with one attached hydrogen (secondary N) is 1. The monoisotopic (exact) mass is 354 g/mol. The summed E-state index contributed by atoms with van der Waals surface area (Å²) in [5.41, 5.74) is 3.96. The van der Waals surface area contributed by atoms with Crippen LogP contribution in [0.25, 0.3) is 0 Å². The highest BCUT2D eigenvalue weighted by Crippen LogP contribution is 2.23. The predicted molar refractivity (Wildman–Crippen MR) is 94.9 cm³/mol. The first-order valence-electron chi connectivity index (χ1n) is 8.92. The van der Waals surface area contributed by atoms with E-state index < -0.39 is 0 Å². The van der Waals surface area contributed by atoms with Crippen molar-refractivity contribution >= 4 is 11.8 Å². The minimum Gasteiger partial charge on any atom is -0.378 e. The van der Waals surface area contributed by atoms with Crippen molar-refractivity contribution in [2.24, 2.45) is 0 Å². The van der Waals surface area contributed by atoms with Crippen molar-refractivity contribution in [3.05, 3.63) is 52.3 Å². The van der Waals surface area contributed by atoms with Gasteiger partial charge in [-0.05, 0) is 19.1 Å². The van der Waals surface area contributed by atoms with Crippen molar-refractivity contribution in [3.8, 4) is 0 Å². The largest absolute Gasteiger partial charge is 0.378 e. The third-order valence-corrected chi connectivity index (χ3v) is 4.99. The maximum absolute atomic E-state index is 12.8. The molecule has 0 aliphatic carbocycles. The fourth-order valence-electron chi connectivity index (χ4n) is 3.52. The Kier molecular flexibility index (Phi) is 4.46. The topological polar surface area (TPSA) is 78.5 Å². The predicted octanol–water partition coefficient (Wildman–Crippen LogP) is 1.39. The molecule has 1 aromatic heterocycles. The van der Waals surface area contributed by atoms with Gasteiger partial charge in [-0.25, -0.2) is 0 Å². The van der Waals surface area contributed by atoms with Crippen LogP contribution in [-0.2, 0) is 17.7 Å². The summed E-state index contributed by atoms with van der Waals surface area (Å²) in [6, 6.07) is 7.59. The molecule has 1 fully saturated rings. The van der Waals surface area contributed by atoms with Gasteiger partial charge in [0.15, 0.2) is 5.69 Å². The van der Waals surface area contributed by atoms with Gasteiger partial charge in [0.2, 0.25) is 0 Å². The van der Waals surface area contributed by atoms with Gasteiger partial charge < -0.3 is 14.5 Å². The van der Waals surface area contributed by atoms with Crippen molar-refractivity contribution < 1.29 is 14.3 Å². The Hall–Kier alpha value is -2.67. The first kappa shape index (κ1) is 16.8. The number of hydrogen-bond acceptors (Lipinski definition) is 4. The normalized spacial score (nSPS) is 17.1. The first-order valence-corrected chi connectivity index (χ1v) is 8.92. The average Bonchev–Trinajstić information content (AvgIpc) is 3.10. The summed E-state index contributed by atoms with van der Waals surface area (Å²) in [7, 11) is 0.